The van der Waals surface area contributed by atoms with Crippen LogP contribution in [0.5, 0.6) is 5.75 Å². The summed E-state index contributed by atoms with van der Waals surface area (Å²) in [6, 6.07) is 8.08. The monoisotopic (exact) mass is 279 g/mol. The number of hydrogen-bond donors (Lipinski definition) is 1. The van der Waals surface area contributed by atoms with Gasteiger partial charge in [-0.1, -0.05) is 23.9 Å². The van der Waals surface area contributed by atoms with Gasteiger partial charge in [-0.2, -0.15) is 0 Å². The van der Waals surface area contributed by atoms with E-state index in [1.807, 2.05) is 12.1 Å². The molecule has 6 nitrogen and oxygen atoms in total. The number of aromatic nitrogens is 4. The predicted octanol–water partition coefficient (Wildman–Crippen LogP) is 0.975. The number of benzene rings is 1. The maximum atomic E-state index is 5.50. The van der Waals surface area contributed by atoms with Gasteiger partial charge in [0.2, 0.25) is 5.16 Å². The Morgan fingerprint density at radius 2 is 2.11 bits per heavy atom. The molecule has 0 saturated heterocycles. The lowest BCUT2D eigenvalue weighted by Gasteiger charge is -2.04. The number of thioether (sulfide) groups is 1. The average Bonchev–Trinajstić information content (AvgIpc) is 2.88. The molecule has 1 heterocycles. The van der Waals surface area contributed by atoms with Crippen molar-refractivity contribution in [3.8, 4) is 5.75 Å². The molecule has 0 amide bonds. The lowest BCUT2D eigenvalue weighted by atomic mass is 10.2. The summed E-state index contributed by atoms with van der Waals surface area (Å²) in [5.41, 5.74) is 6.77. The summed E-state index contributed by atoms with van der Waals surface area (Å²) < 4.78 is 6.86. The summed E-state index contributed by atoms with van der Waals surface area (Å²) >= 11 is 1.64. The van der Waals surface area contributed by atoms with Gasteiger partial charge in [-0.25, -0.2) is 4.68 Å². The van der Waals surface area contributed by atoms with E-state index in [4.69, 9.17) is 10.5 Å². The van der Waals surface area contributed by atoms with E-state index in [9.17, 15) is 0 Å². The molecule has 1 aromatic carbocycles. The number of methoxy groups -OCH3 is 1. The highest BCUT2D eigenvalue weighted by molar-refractivity contribution is 7.99. The molecule has 7 heteroatoms. The minimum absolute atomic E-state index is 0.539. The largest absolute Gasteiger partial charge is 0.497 e. The number of tetrazole rings is 1. The number of hydrogen-bond acceptors (Lipinski definition) is 6. The molecule has 0 atom stereocenters. The second-order valence-corrected chi connectivity index (χ2v) is 4.98. The smallest absolute Gasteiger partial charge is 0.209 e. The van der Waals surface area contributed by atoms with Crippen LogP contribution in [0.2, 0.25) is 0 Å². The van der Waals surface area contributed by atoms with Crippen molar-refractivity contribution in [3.63, 3.8) is 0 Å². The van der Waals surface area contributed by atoms with Crippen LogP contribution in [0, 0.1) is 0 Å². The zero-order chi connectivity index (χ0) is 13.5. The Morgan fingerprint density at radius 3 is 2.79 bits per heavy atom. The van der Waals surface area contributed by atoms with E-state index < -0.39 is 0 Å². The SMILES string of the molecule is COc1ccc(CCSc2nnnn2CCN)cc1. The maximum absolute atomic E-state index is 5.50. The van der Waals surface area contributed by atoms with E-state index in [0.717, 1.165) is 23.1 Å². The second-order valence-electron chi connectivity index (χ2n) is 3.92. The van der Waals surface area contributed by atoms with Crippen molar-refractivity contribution in [2.45, 2.75) is 18.1 Å². The van der Waals surface area contributed by atoms with Gasteiger partial charge in [0.05, 0.1) is 13.7 Å². The normalized spacial score (nSPS) is 10.6. The fraction of sp³-hybridized carbons (Fsp3) is 0.417. The van der Waals surface area contributed by atoms with Crippen molar-refractivity contribution < 1.29 is 4.74 Å². The summed E-state index contributed by atoms with van der Waals surface area (Å²) in [6.45, 7) is 1.19. The Kier molecular flexibility index (Phi) is 5.17. The van der Waals surface area contributed by atoms with Crippen molar-refractivity contribution >= 4 is 11.8 Å². The van der Waals surface area contributed by atoms with E-state index in [1.54, 1.807) is 23.6 Å². The Morgan fingerprint density at radius 1 is 1.32 bits per heavy atom. The fourth-order valence-electron chi connectivity index (χ4n) is 1.61. The molecule has 0 fully saturated rings. The molecular weight excluding hydrogens is 262 g/mol. The van der Waals surface area contributed by atoms with Crippen LogP contribution in [0.15, 0.2) is 29.4 Å². The van der Waals surface area contributed by atoms with Gasteiger partial charge < -0.3 is 10.5 Å². The summed E-state index contributed by atoms with van der Waals surface area (Å²) in [6.07, 6.45) is 0.962. The zero-order valence-electron chi connectivity index (χ0n) is 10.8. The highest BCUT2D eigenvalue weighted by Crippen LogP contribution is 2.17. The minimum atomic E-state index is 0.539. The van der Waals surface area contributed by atoms with E-state index >= 15 is 0 Å². The lowest BCUT2D eigenvalue weighted by Crippen LogP contribution is -2.12. The molecule has 0 unspecified atom stereocenters. The summed E-state index contributed by atoms with van der Waals surface area (Å²) in [5.74, 6) is 1.81. The topological polar surface area (TPSA) is 78.9 Å². The van der Waals surface area contributed by atoms with Crippen LogP contribution in [0.1, 0.15) is 5.56 Å². The first-order chi connectivity index (χ1) is 9.33. The van der Waals surface area contributed by atoms with Gasteiger partial charge in [0.15, 0.2) is 0 Å². The molecule has 2 aromatic rings. The third-order valence-corrected chi connectivity index (χ3v) is 3.58. The van der Waals surface area contributed by atoms with E-state index in [-0.39, 0.29) is 0 Å². The Hall–Kier alpha value is -1.60. The van der Waals surface area contributed by atoms with Crippen molar-refractivity contribution in [1.29, 1.82) is 0 Å². The van der Waals surface area contributed by atoms with Crippen LogP contribution in [0.25, 0.3) is 0 Å². The molecule has 0 saturated carbocycles. The molecule has 0 aliphatic carbocycles. The predicted molar refractivity (Wildman–Crippen MR) is 74.3 cm³/mol. The molecule has 0 spiro atoms. The molecule has 102 valence electrons. The first kappa shape index (κ1) is 13.8. The first-order valence-electron chi connectivity index (χ1n) is 6.05. The third-order valence-electron chi connectivity index (χ3n) is 2.62. The molecule has 2 rings (SSSR count). The standard InChI is InChI=1S/C12H17N5OS/c1-18-11-4-2-10(3-5-11)6-9-19-12-14-15-16-17(12)8-7-13/h2-5H,6-9,13H2,1H3. The number of nitrogens with two attached hydrogens (primary N) is 1. The van der Waals surface area contributed by atoms with Gasteiger partial charge in [0.1, 0.15) is 5.75 Å². The minimum Gasteiger partial charge on any atom is -0.497 e. The lowest BCUT2D eigenvalue weighted by molar-refractivity contribution is 0.414. The molecule has 19 heavy (non-hydrogen) atoms. The van der Waals surface area contributed by atoms with Crippen LogP contribution in [-0.2, 0) is 13.0 Å². The van der Waals surface area contributed by atoms with Gasteiger partial charge in [-0.05, 0) is 34.5 Å². The maximum Gasteiger partial charge on any atom is 0.209 e. The van der Waals surface area contributed by atoms with E-state index in [2.05, 4.69) is 27.7 Å². The quantitative estimate of drug-likeness (QED) is 0.761. The number of ether oxygens (including phenoxy) is 1. The third kappa shape index (κ3) is 3.93. The van der Waals surface area contributed by atoms with Crippen LogP contribution in [-0.4, -0.2) is 39.6 Å². The van der Waals surface area contributed by atoms with Crippen molar-refractivity contribution in [3.05, 3.63) is 29.8 Å². The average molecular weight is 279 g/mol. The Bertz CT molecular complexity index is 499. The van der Waals surface area contributed by atoms with Gasteiger partial charge in [0.25, 0.3) is 0 Å². The Labute approximate surface area is 116 Å². The van der Waals surface area contributed by atoms with Crippen molar-refractivity contribution in [1.82, 2.24) is 20.2 Å². The number of aryl methyl sites for hydroxylation is 1. The molecule has 1 aromatic heterocycles. The molecule has 0 aliphatic rings. The van der Waals surface area contributed by atoms with E-state index in [0.29, 0.717) is 13.1 Å². The summed E-state index contributed by atoms with van der Waals surface area (Å²) in [4.78, 5) is 0. The highest BCUT2D eigenvalue weighted by Gasteiger charge is 2.05. The van der Waals surface area contributed by atoms with E-state index in [1.165, 1.54) is 5.56 Å². The van der Waals surface area contributed by atoms with Gasteiger partial charge >= 0.3 is 0 Å². The van der Waals surface area contributed by atoms with Gasteiger partial charge in [-0.3, -0.25) is 0 Å². The first-order valence-corrected chi connectivity index (χ1v) is 7.04. The highest BCUT2D eigenvalue weighted by atomic mass is 32.2. The zero-order valence-corrected chi connectivity index (χ0v) is 11.6. The van der Waals surface area contributed by atoms with Crippen molar-refractivity contribution in [2.75, 3.05) is 19.4 Å². The summed E-state index contributed by atoms with van der Waals surface area (Å²) in [7, 11) is 1.67. The van der Waals surface area contributed by atoms with Crippen LogP contribution < -0.4 is 10.5 Å². The molecule has 0 aliphatic heterocycles. The van der Waals surface area contributed by atoms with Crippen LogP contribution in [0.3, 0.4) is 0 Å². The fourth-order valence-corrected chi connectivity index (χ4v) is 2.51. The van der Waals surface area contributed by atoms with Gasteiger partial charge in [0, 0.05) is 12.3 Å². The second kappa shape index (κ2) is 7.10. The number of nitrogens with zero attached hydrogens (tertiary/aromatic N) is 4. The van der Waals surface area contributed by atoms with Gasteiger partial charge in [-0.15, -0.1) is 5.10 Å². The molecular formula is C12H17N5OS. The molecule has 0 radical (unpaired) electrons. The van der Waals surface area contributed by atoms with Crippen molar-refractivity contribution in [2.24, 2.45) is 5.73 Å². The summed E-state index contributed by atoms with van der Waals surface area (Å²) in [5, 5.41) is 12.4. The van der Waals surface area contributed by atoms with Crippen LogP contribution in [0.4, 0.5) is 0 Å². The molecule has 2 N–H and O–H groups in total. The van der Waals surface area contributed by atoms with Crippen LogP contribution >= 0.6 is 11.8 Å². The number of rotatable bonds is 7. The molecule has 0 bridgehead atoms. The Balaban J connectivity index is 1.83.